The fourth-order valence-corrected chi connectivity index (χ4v) is 2.68. The number of halogens is 3. The average molecular weight is 332 g/mol. The Morgan fingerprint density at radius 2 is 2.00 bits per heavy atom. The van der Waals surface area contributed by atoms with Crippen molar-refractivity contribution in [3.05, 3.63) is 77.4 Å². The van der Waals surface area contributed by atoms with Gasteiger partial charge in [-0.05, 0) is 36.6 Å². The summed E-state index contributed by atoms with van der Waals surface area (Å²) < 4.78 is 43.2. The zero-order valence-electron chi connectivity index (χ0n) is 13.0. The summed E-state index contributed by atoms with van der Waals surface area (Å²) in [6.07, 6.45) is 4.62. The van der Waals surface area contributed by atoms with Gasteiger partial charge in [-0.25, -0.2) is 18.2 Å². The second-order valence-electron chi connectivity index (χ2n) is 5.55. The van der Waals surface area contributed by atoms with Gasteiger partial charge in [0, 0.05) is 24.7 Å². The van der Waals surface area contributed by atoms with Gasteiger partial charge in [-0.3, -0.25) is 9.67 Å². The number of hydrogen-bond acceptors (Lipinski definition) is 3. The van der Waals surface area contributed by atoms with E-state index in [0.717, 1.165) is 6.07 Å². The molecule has 0 amide bonds. The summed E-state index contributed by atoms with van der Waals surface area (Å²) in [5, 5.41) is 4.01. The minimum atomic E-state index is -0.661. The van der Waals surface area contributed by atoms with Gasteiger partial charge in [-0.15, -0.1) is 0 Å². The maximum Gasteiger partial charge on any atom is 0.147 e. The molecule has 3 rings (SSSR count). The summed E-state index contributed by atoms with van der Waals surface area (Å²) in [6, 6.07) is 4.98. The highest BCUT2D eigenvalue weighted by Crippen LogP contribution is 2.27. The molecular formula is C17H15F3N4. The van der Waals surface area contributed by atoms with E-state index in [0.29, 0.717) is 17.7 Å². The lowest BCUT2D eigenvalue weighted by Crippen LogP contribution is -2.15. The van der Waals surface area contributed by atoms with Crippen molar-refractivity contribution >= 4 is 0 Å². The van der Waals surface area contributed by atoms with Crippen LogP contribution in [-0.2, 0) is 13.0 Å². The standard InChI is InChI=1S/C17H15F3N4/c1-11-17(20)12(4-5-22-11)6-13(8-24-10-21-9-23-24)15-3-2-14(18)7-16(15)19/h2-5,7,9-10,13H,6,8H2,1H3. The molecule has 0 saturated carbocycles. The SMILES string of the molecule is Cc1nccc(CC(Cn2cncn2)c2ccc(F)cc2F)c1F. The second-order valence-corrected chi connectivity index (χ2v) is 5.55. The van der Waals surface area contributed by atoms with Crippen molar-refractivity contribution in [2.75, 3.05) is 0 Å². The van der Waals surface area contributed by atoms with E-state index in [2.05, 4.69) is 15.1 Å². The summed E-state index contributed by atoms with van der Waals surface area (Å²) in [7, 11) is 0. The van der Waals surface area contributed by atoms with E-state index < -0.39 is 23.4 Å². The van der Waals surface area contributed by atoms with Crippen molar-refractivity contribution in [3.63, 3.8) is 0 Å². The lowest BCUT2D eigenvalue weighted by Gasteiger charge is -2.19. The minimum absolute atomic E-state index is 0.234. The number of benzene rings is 1. The highest BCUT2D eigenvalue weighted by Gasteiger charge is 2.20. The van der Waals surface area contributed by atoms with E-state index in [1.54, 1.807) is 17.7 Å². The van der Waals surface area contributed by atoms with Gasteiger partial charge in [0.15, 0.2) is 0 Å². The summed E-state index contributed by atoms with van der Waals surface area (Å²) >= 11 is 0. The first kappa shape index (κ1) is 16.2. The number of nitrogens with zero attached hydrogens (tertiary/aromatic N) is 4. The molecule has 0 fully saturated rings. The average Bonchev–Trinajstić information content (AvgIpc) is 3.04. The third-order valence-electron chi connectivity index (χ3n) is 3.89. The Morgan fingerprint density at radius 3 is 2.71 bits per heavy atom. The molecule has 1 atom stereocenters. The van der Waals surface area contributed by atoms with E-state index in [1.165, 1.54) is 31.0 Å². The highest BCUT2D eigenvalue weighted by atomic mass is 19.1. The Bertz CT molecular complexity index is 834. The molecule has 0 radical (unpaired) electrons. The smallest absolute Gasteiger partial charge is 0.147 e. The maximum absolute atomic E-state index is 14.3. The number of hydrogen-bond donors (Lipinski definition) is 0. The van der Waals surface area contributed by atoms with E-state index in [1.807, 2.05) is 0 Å². The monoisotopic (exact) mass is 332 g/mol. The molecule has 0 saturated heterocycles. The van der Waals surface area contributed by atoms with Crippen LogP contribution in [0.5, 0.6) is 0 Å². The molecule has 1 unspecified atom stereocenters. The van der Waals surface area contributed by atoms with Crippen LogP contribution in [0.15, 0.2) is 43.1 Å². The lowest BCUT2D eigenvalue weighted by atomic mass is 9.91. The van der Waals surface area contributed by atoms with Crippen LogP contribution in [0.25, 0.3) is 0 Å². The molecule has 0 N–H and O–H groups in total. The fourth-order valence-electron chi connectivity index (χ4n) is 2.68. The highest BCUT2D eigenvalue weighted by molar-refractivity contribution is 5.27. The van der Waals surface area contributed by atoms with Crippen molar-refractivity contribution in [2.45, 2.75) is 25.8 Å². The first-order valence-corrected chi connectivity index (χ1v) is 7.42. The number of pyridine rings is 1. The minimum Gasteiger partial charge on any atom is -0.259 e. The summed E-state index contributed by atoms with van der Waals surface area (Å²) in [4.78, 5) is 7.76. The Kier molecular flexibility index (Phi) is 4.59. The molecule has 7 heteroatoms. The first-order valence-electron chi connectivity index (χ1n) is 7.42. The molecular weight excluding hydrogens is 317 g/mol. The van der Waals surface area contributed by atoms with E-state index in [9.17, 15) is 13.2 Å². The van der Waals surface area contributed by atoms with Crippen molar-refractivity contribution in [1.29, 1.82) is 0 Å². The zero-order chi connectivity index (χ0) is 17.1. The molecule has 124 valence electrons. The molecule has 0 aliphatic heterocycles. The molecule has 1 aromatic carbocycles. The summed E-state index contributed by atoms with van der Waals surface area (Å²) in [5.74, 6) is -2.15. The van der Waals surface area contributed by atoms with Gasteiger partial charge in [0.25, 0.3) is 0 Å². The Labute approximate surface area is 137 Å². The third kappa shape index (κ3) is 3.45. The van der Waals surface area contributed by atoms with Gasteiger partial charge in [-0.2, -0.15) is 5.10 Å². The molecule has 0 aliphatic carbocycles. The largest absolute Gasteiger partial charge is 0.259 e. The normalized spacial score (nSPS) is 12.3. The molecule has 2 heterocycles. The molecule has 24 heavy (non-hydrogen) atoms. The van der Waals surface area contributed by atoms with Gasteiger partial charge in [-0.1, -0.05) is 6.07 Å². The topological polar surface area (TPSA) is 43.6 Å². The molecule has 2 aromatic heterocycles. The third-order valence-corrected chi connectivity index (χ3v) is 3.89. The van der Waals surface area contributed by atoms with Crippen LogP contribution >= 0.6 is 0 Å². The van der Waals surface area contributed by atoms with Gasteiger partial charge >= 0.3 is 0 Å². The summed E-state index contributed by atoms with van der Waals surface area (Å²) in [5.41, 5.74) is 1.02. The van der Waals surface area contributed by atoms with Gasteiger partial charge in [0.05, 0.1) is 5.69 Å². The molecule has 0 aliphatic rings. The van der Waals surface area contributed by atoms with Crippen LogP contribution in [0.3, 0.4) is 0 Å². The number of aromatic nitrogens is 4. The van der Waals surface area contributed by atoms with E-state index in [4.69, 9.17) is 0 Å². The zero-order valence-corrected chi connectivity index (χ0v) is 13.0. The molecule has 0 spiro atoms. The van der Waals surface area contributed by atoms with Crippen LogP contribution in [-0.4, -0.2) is 19.7 Å². The molecule has 0 bridgehead atoms. The quantitative estimate of drug-likeness (QED) is 0.719. The first-order chi connectivity index (χ1) is 11.5. The van der Waals surface area contributed by atoms with Crippen molar-refractivity contribution in [1.82, 2.24) is 19.7 Å². The van der Waals surface area contributed by atoms with Crippen LogP contribution in [0.2, 0.25) is 0 Å². The van der Waals surface area contributed by atoms with Crippen LogP contribution < -0.4 is 0 Å². The predicted octanol–water partition coefficient (Wildman–Crippen LogP) is 3.43. The summed E-state index contributed by atoms with van der Waals surface area (Å²) in [6.45, 7) is 1.87. The lowest BCUT2D eigenvalue weighted by molar-refractivity contribution is 0.474. The fraction of sp³-hybridized carbons (Fsp3) is 0.235. The maximum atomic E-state index is 14.3. The molecule has 4 nitrogen and oxygen atoms in total. The van der Waals surface area contributed by atoms with Crippen molar-refractivity contribution in [3.8, 4) is 0 Å². The Morgan fingerprint density at radius 1 is 1.17 bits per heavy atom. The second kappa shape index (κ2) is 6.82. The number of aryl methyl sites for hydroxylation is 1. The number of rotatable bonds is 5. The van der Waals surface area contributed by atoms with Crippen LogP contribution in [0.1, 0.15) is 22.7 Å². The van der Waals surface area contributed by atoms with Crippen molar-refractivity contribution in [2.24, 2.45) is 0 Å². The molecule has 3 aromatic rings. The van der Waals surface area contributed by atoms with E-state index >= 15 is 0 Å². The predicted molar refractivity (Wildman–Crippen MR) is 81.8 cm³/mol. The van der Waals surface area contributed by atoms with Crippen LogP contribution in [0, 0.1) is 24.4 Å². The Hall–Kier alpha value is -2.70. The van der Waals surface area contributed by atoms with Crippen LogP contribution in [0.4, 0.5) is 13.2 Å². The van der Waals surface area contributed by atoms with Crippen molar-refractivity contribution < 1.29 is 13.2 Å². The Balaban J connectivity index is 1.96. The van der Waals surface area contributed by atoms with E-state index in [-0.39, 0.29) is 12.1 Å². The van der Waals surface area contributed by atoms with Gasteiger partial charge in [0.1, 0.15) is 30.1 Å². The van der Waals surface area contributed by atoms with Gasteiger partial charge < -0.3 is 0 Å². The van der Waals surface area contributed by atoms with Gasteiger partial charge in [0.2, 0.25) is 0 Å².